The van der Waals surface area contributed by atoms with E-state index in [1.807, 2.05) is 18.2 Å². The summed E-state index contributed by atoms with van der Waals surface area (Å²) in [5.74, 6) is 7.02. The van der Waals surface area contributed by atoms with Crippen molar-refractivity contribution in [2.24, 2.45) is 0 Å². The highest BCUT2D eigenvalue weighted by Gasteiger charge is 1.94. The van der Waals surface area contributed by atoms with Gasteiger partial charge in [-0.15, -0.1) is 0 Å². The SMILES string of the molecule is CCN(CC)CC#Cc1cc[c]c(OC)c1. The van der Waals surface area contributed by atoms with Gasteiger partial charge in [0, 0.05) is 11.6 Å². The van der Waals surface area contributed by atoms with E-state index >= 15 is 0 Å². The van der Waals surface area contributed by atoms with Crippen molar-refractivity contribution in [3.05, 3.63) is 29.8 Å². The second kappa shape index (κ2) is 6.92. The van der Waals surface area contributed by atoms with Gasteiger partial charge in [0.1, 0.15) is 5.75 Å². The number of methoxy groups -OCH3 is 1. The van der Waals surface area contributed by atoms with Gasteiger partial charge in [0.15, 0.2) is 0 Å². The Morgan fingerprint density at radius 2 is 2.12 bits per heavy atom. The van der Waals surface area contributed by atoms with Crippen LogP contribution in [0.15, 0.2) is 18.2 Å². The molecule has 0 aliphatic rings. The van der Waals surface area contributed by atoms with Crippen LogP contribution in [0.4, 0.5) is 0 Å². The number of rotatable bonds is 4. The fourth-order valence-electron chi connectivity index (χ4n) is 1.34. The molecule has 1 aromatic carbocycles. The molecule has 0 atom stereocenters. The number of hydrogen-bond donors (Lipinski definition) is 0. The molecule has 2 nitrogen and oxygen atoms in total. The molecule has 0 amide bonds. The summed E-state index contributed by atoms with van der Waals surface area (Å²) < 4.78 is 5.09. The fraction of sp³-hybridized carbons (Fsp3) is 0.429. The van der Waals surface area contributed by atoms with Crippen LogP contribution in [0.1, 0.15) is 19.4 Å². The van der Waals surface area contributed by atoms with E-state index in [2.05, 4.69) is 36.7 Å². The molecular weight excluding hydrogens is 198 g/mol. The minimum absolute atomic E-state index is 0.731. The lowest BCUT2D eigenvalue weighted by molar-refractivity contribution is 0.342. The van der Waals surface area contributed by atoms with Gasteiger partial charge in [0.05, 0.1) is 13.7 Å². The first-order valence-corrected chi connectivity index (χ1v) is 5.57. The topological polar surface area (TPSA) is 12.5 Å². The molecule has 0 spiro atoms. The Morgan fingerprint density at radius 1 is 1.38 bits per heavy atom. The second-order valence-electron chi connectivity index (χ2n) is 3.41. The first-order chi connectivity index (χ1) is 7.80. The Bertz CT molecular complexity index is 372. The third-order valence-corrected chi connectivity index (χ3v) is 2.42. The molecule has 1 rings (SSSR count). The zero-order valence-electron chi connectivity index (χ0n) is 10.2. The van der Waals surface area contributed by atoms with Gasteiger partial charge in [0.2, 0.25) is 0 Å². The van der Waals surface area contributed by atoms with Crippen molar-refractivity contribution in [3.63, 3.8) is 0 Å². The van der Waals surface area contributed by atoms with Crippen LogP contribution < -0.4 is 4.74 Å². The number of benzene rings is 1. The lowest BCUT2D eigenvalue weighted by Gasteiger charge is -2.13. The van der Waals surface area contributed by atoms with E-state index in [1.165, 1.54) is 0 Å². The Labute approximate surface area is 98.2 Å². The standard InChI is InChI=1S/C14H18NO/c1-4-15(5-2)11-7-9-13-8-6-10-14(12-13)16-3/h6,8,12H,4-5,11H2,1-3H3. The molecule has 1 radical (unpaired) electrons. The Hall–Kier alpha value is -1.46. The summed E-state index contributed by atoms with van der Waals surface area (Å²) in [6, 6.07) is 8.65. The van der Waals surface area contributed by atoms with E-state index in [1.54, 1.807) is 7.11 Å². The molecular formula is C14H18NO. The van der Waals surface area contributed by atoms with E-state index in [0.717, 1.165) is 30.9 Å². The molecule has 85 valence electrons. The Kier molecular flexibility index (Phi) is 5.45. The quantitative estimate of drug-likeness (QED) is 0.715. The third kappa shape index (κ3) is 3.96. The monoisotopic (exact) mass is 216 g/mol. The van der Waals surface area contributed by atoms with Crippen molar-refractivity contribution in [2.45, 2.75) is 13.8 Å². The summed E-state index contributed by atoms with van der Waals surface area (Å²) in [4.78, 5) is 2.28. The average molecular weight is 216 g/mol. The van der Waals surface area contributed by atoms with Gasteiger partial charge in [-0.3, -0.25) is 4.90 Å². The summed E-state index contributed by atoms with van der Waals surface area (Å²) in [5, 5.41) is 0. The maximum atomic E-state index is 5.09. The van der Waals surface area contributed by atoms with Gasteiger partial charge >= 0.3 is 0 Å². The van der Waals surface area contributed by atoms with Gasteiger partial charge in [-0.1, -0.05) is 25.7 Å². The summed E-state index contributed by atoms with van der Waals surface area (Å²) >= 11 is 0. The highest BCUT2D eigenvalue weighted by molar-refractivity contribution is 5.39. The van der Waals surface area contributed by atoms with Crippen LogP contribution in [0.5, 0.6) is 5.75 Å². The third-order valence-electron chi connectivity index (χ3n) is 2.42. The molecule has 0 aliphatic heterocycles. The van der Waals surface area contributed by atoms with Gasteiger partial charge in [-0.05, 0) is 31.3 Å². The maximum Gasteiger partial charge on any atom is 0.128 e. The van der Waals surface area contributed by atoms with Crippen LogP contribution in [0, 0.1) is 17.9 Å². The van der Waals surface area contributed by atoms with E-state index in [4.69, 9.17) is 4.74 Å². The lowest BCUT2D eigenvalue weighted by atomic mass is 10.2. The van der Waals surface area contributed by atoms with Crippen LogP contribution in [-0.4, -0.2) is 31.6 Å². The normalized spacial score (nSPS) is 9.75. The van der Waals surface area contributed by atoms with Crippen molar-refractivity contribution in [1.29, 1.82) is 0 Å². The molecule has 0 fully saturated rings. The molecule has 0 aliphatic carbocycles. The first kappa shape index (κ1) is 12.6. The molecule has 0 aromatic heterocycles. The zero-order chi connectivity index (χ0) is 11.8. The number of nitrogens with zero attached hydrogens (tertiary/aromatic N) is 1. The largest absolute Gasteiger partial charge is 0.496 e. The molecule has 0 saturated carbocycles. The maximum absolute atomic E-state index is 5.09. The minimum Gasteiger partial charge on any atom is -0.496 e. The first-order valence-electron chi connectivity index (χ1n) is 5.57. The zero-order valence-corrected chi connectivity index (χ0v) is 10.2. The molecule has 0 bridgehead atoms. The van der Waals surface area contributed by atoms with E-state index in [0.29, 0.717) is 0 Å². The summed E-state index contributed by atoms with van der Waals surface area (Å²) in [7, 11) is 1.64. The van der Waals surface area contributed by atoms with E-state index in [-0.39, 0.29) is 0 Å². The van der Waals surface area contributed by atoms with Crippen LogP contribution in [0.25, 0.3) is 0 Å². The molecule has 2 heteroatoms. The smallest absolute Gasteiger partial charge is 0.128 e. The van der Waals surface area contributed by atoms with Crippen molar-refractivity contribution < 1.29 is 4.74 Å². The van der Waals surface area contributed by atoms with Crippen LogP contribution >= 0.6 is 0 Å². The molecule has 0 saturated heterocycles. The molecule has 0 heterocycles. The van der Waals surface area contributed by atoms with Crippen molar-refractivity contribution in [2.75, 3.05) is 26.7 Å². The molecule has 16 heavy (non-hydrogen) atoms. The van der Waals surface area contributed by atoms with Crippen LogP contribution in [0.2, 0.25) is 0 Å². The number of hydrogen-bond acceptors (Lipinski definition) is 2. The van der Waals surface area contributed by atoms with Gasteiger partial charge in [-0.25, -0.2) is 0 Å². The summed E-state index contributed by atoms with van der Waals surface area (Å²) in [5.41, 5.74) is 0.975. The molecule has 0 unspecified atom stereocenters. The van der Waals surface area contributed by atoms with Gasteiger partial charge in [-0.2, -0.15) is 0 Å². The number of ether oxygens (including phenoxy) is 1. The minimum atomic E-state index is 0.731. The van der Waals surface area contributed by atoms with Gasteiger partial charge < -0.3 is 4.74 Å². The summed E-state index contributed by atoms with van der Waals surface area (Å²) in [6.45, 7) is 7.18. The van der Waals surface area contributed by atoms with Crippen molar-refractivity contribution >= 4 is 0 Å². The van der Waals surface area contributed by atoms with E-state index < -0.39 is 0 Å². The lowest BCUT2D eigenvalue weighted by Crippen LogP contribution is -2.22. The predicted molar refractivity (Wildman–Crippen MR) is 66.5 cm³/mol. The van der Waals surface area contributed by atoms with Crippen LogP contribution in [-0.2, 0) is 0 Å². The fourth-order valence-corrected chi connectivity index (χ4v) is 1.34. The highest BCUT2D eigenvalue weighted by atomic mass is 16.5. The van der Waals surface area contributed by atoms with Crippen LogP contribution in [0.3, 0.4) is 0 Å². The molecule has 0 N–H and O–H groups in total. The Balaban J connectivity index is 2.61. The van der Waals surface area contributed by atoms with Crippen molar-refractivity contribution in [1.82, 2.24) is 4.90 Å². The summed E-state index contributed by atoms with van der Waals surface area (Å²) in [6.07, 6.45) is 0. The Morgan fingerprint density at radius 3 is 2.75 bits per heavy atom. The van der Waals surface area contributed by atoms with Crippen molar-refractivity contribution in [3.8, 4) is 17.6 Å². The predicted octanol–water partition coefficient (Wildman–Crippen LogP) is 2.19. The van der Waals surface area contributed by atoms with Gasteiger partial charge in [0.25, 0.3) is 0 Å². The molecule has 1 aromatic rings. The van der Waals surface area contributed by atoms with E-state index in [9.17, 15) is 0 Å². The average Bonchev–Trinajstić information content (AvgIpc) is 2.35. The second-order valence-corrected chi connectivity index (χ2v) is 3.41. The highest BCUT2D eigenvalue weighted by Crippen LogP contribution is 2.10.